The topological polar surface area (TPSA) is 29.5 Å². The first-order valence-electron chi connectivity index (χ1n) is 7.84. The number of hydrogen-bond acceptors (Lipinski definition) is 3. The van der Waals surface area contributed by atoms with E-state index < -0.39 is 0 Å². The van der Waals surface area contributed by atoms with Crippen molar-refractivity contribution in [3.63, 3.8) is 0 Å². The number of ether oxygens (including phenoxy) is 1. The van der Waals surface area contributed by atoms with Crippen LogP contribution < -0.4 is 0 Å². The van der Waals surface area contributed by atoms with Crippen molar-refractivity contribution in [2.24, 2.45) is 0 Å². The number of benzene rings is 2. The molecule has 0 saturated heterocycles. The van der Waals surface area contributed by atoms with Crippen LogP contribution in [0.1, 0.15) is 24.5 Å². The first-order chi connectivity index (χ1) is 11.2. The monoisotopic (exact) mass is 375 g/mol. The average molecular weight is 376 g/mol. The van der Waals surface area contributed by atoms with Gasteiger partial charge in [-0.3, -0.25) is 9.69 Å². The van der Waals surface area contributed by atoms with E-state index in [0.29, 0.717) is 19.6 Å². The van der Waals surface area contributed by atoms with Crippen molar-refractivity contribution in [2.75, 3.05) is 13.2 Å². The first-order valence-corrected chi connectivity index (χ1v) is 8.63. The van der Waals surface area contributed by atoms with Crippen molar-refractivity contribution in [1.29, 1.82) is 0 Å². The largest absolute Gasteiger partial charge is 0.466 e. The van der Waals surface area contributed by atoms with Crippen LogP contribution in [0.3, 0.4) is 0 Å². The molecular formula is C19H22BrNO2. The number of carbonyl (C=O) groups excluding carboxylic acids is 1. The normalized spacial score (nSPS) is 10.7. The second-order valence-electron chi connectivity index (χ2n) is 5.34. The second-order valence-corrected chi connectivity index (χ2v) is 6.20. The molecule has 0 N–H and O–H groups in total. The smallest absolute Gasteiger partial charge is 0.307 e. The Labute approximate surface area is 146 Å². The van der Waals surface area contributed by atoms with Crippen LogP contribution in [0.4, 0.5) is 0 Å². The summed E-state index contributed by atoms with van der Waals surface area (Å²) in [5.41, 5.74) is 2.45. The van der Waals surface area contributed by atoms with Crippen molar-refractivity contribution < 1.29 is 9.53 Å². The number of nitrogens with zero attached hydrogens (tertiary/aromatic N) is 1. The van der Waals surface area contributed by atoms with Gasteiger partial charge < -0.3 is 4.74 Å². The SMILES string of the molecule is CCOC(=O)CCN(Cc1ccccc1)Cc1ccccc1Br. The molecular weight excluding hydrogens is 354 g/mol. The van der Waals surface area contributed by atoms with Crippen molar-refractivity contribution in [3.05, 3.63) is 70.2 Å². The van der Waals surface area contributed by atoms with Crippen LogP contribution in [0.5, 0.6) is 0 Å². The number of carbonyl (C=O) groups is 1. The average Bonchev–Trinajstić information content (AvgIpc) is 2.56. The molecule has 0 unspecified atom stereocenters. The summed E-state index contributed by atoms with van der Waals surface area (Å²) in [6.45, 7) is 4.54. The molecule has 23 heavy (non-hydrogen) atoms. The van der Waals surface area contributed by atoms with Gasteiger partial charge >= 0.3 is 5.97 Å². The van der Waals surface area contributed by atoms with E-state index in [9.17, 15) is 4.79 Å². The Morgan fingerprint density at radius 3 is 2.43 bits per heavy atom. The van der Waals surface area contributed by atoms with Gasteiger partial charge in [0.05, 0.1) is 13.0 Å². The lowest BCUT2D eigenvalue weighted by atomic mass is 10.1. The van der Waals surface area contributed by atoms with Crippen LogP contribution >= 0.6 is 15.9 Å². The summed E-state index contributed by atoms with van der Waals surface area (Å²) in [5.74, 6) is -0.141. The Balaban J connectivity index is 2.04. The fourth-order valence-electron chi connectivity index (χ4n) is 2.41. The maximum atomic E-state index is 11.7. The summed E-state index contributed by atoms with van der Waals surface area (Å²) in [7, 11) is 0. The summed E-state index contributed by atoms with van der Waals surface area (Å²) >= 11 is 3.60. The second kappa shape index (κ2) is 9.48. The van der Waals surface area contributed by atoms with Crippen molar-refractivity contribution in [1.82, 2.24) is 4.90 Å². The molecule has 2 aromatic rings. The molecule has 0 aromatic heterocycles. The standard InChI is InChI=1S/C19H22BrNO2/c1-2-23-19(22)12-13-21(14-16-8-4-3-5-9-16)15-17-10-6-7-11-18(17)20/h3-11H,2,12-15H2,1H3. The quantitative estimate of drug-likeness (QED) is 0.640. The van der Waals surface area contributed by atoms with E-state index in [1.807, 2.05) is 43.3 Å². The van der Waals surface area contributed by atoms with Gasteiger partial charge in [-0.1, -0.05) is 64.5 Å². The Kier molecular flexibility index (Phi) is 7.30. The number of hydrogen-bond donors (Lipinski definition) is 0. The third kappa shape index (κ3) is 6.16. The lowest BCUT2D eigenvalue weighted by Gasteiger charge is -2.23. The highest BCUT2D eigenvalue weighted by Gasteiger charge is 2.12. The first kappa shape index (κ1) is 17.7. The molecule has 122 valence electrons. The third-order valence-corrected chi connectivity index (χ3v) is 4.31. The summed E-state index contributed by atoms with van der Waals surface area (Å²) in [4.78, 5) is 13.9. The predicted molar refractivity (Wildman–Crippen MR) is 95.9 cm³/mol. The highest BCUT2D eigenvalue weighted by Crippen LogP contribution is 2.19. The molecule has 0 spiro atoms. The lowest BCUT2D eigenvalue weighted by Crippen LogP contribution is -2.26. The van der Waals surface area contributed by atoms with Gasteiger partial charge in [-0.05, 0) is 24.1 Å². The van der Waals surface area contributed by atoms with Crippen molar-refractivity contribution in [3.8, 4) is 0 Å². The predicted octanol–water partition coefficient (Wildman–Crippen LogP) is 4.40. The summed E-state index contributed by atoms with van der Waals surface area (Å²) in [6.07, 6.45) is 0.408. The zero-order chi connectivity index (χ0) is 16.5. The van der Waals surface area contributed by atoms with Crippen LogP contribution in [0.2, 0.25) is 0 Å². The van der Waals surface area contributed by atoms with E-state index in [-0.39, 0.29) is 5.97 Å². The molecule has 2 aromatic carbocycles. The van der Waals surface area contributed by atoms with Gasteiger partial charge in [0.1, 0.15) is 0 Å². The Bertz CT molecular complexity index is 616. The van der Waals surface area contributed by atoms with E-state index in [4.69, 9.17) is 4.74 Å². The molecule has 0 aliphatic carbocycles. The zero-order valence-corrected chi connectivity index (χ0v) is 15.0. The lowest BCUT2D eigenvalue weighted by molar-refractivity contribution is -0.143. The number of halogens is 1. The van der Waals surface area contributed by atoms with Crippen LogP contribution in [-0.2, 0) is 22.6 Å². The molecule has 0 saturated carbocycles. The molecule has 0 heterocycles. The molecule has 0 bridgehead atoms. The summed E-state index contributed by atoms with van der Waals surface area (Å²) in [5, 5.41) is 0. The van der Waals surface area contributed by atoms with Crippen LogP contribution in [0, 0.1) is 0 Å². The van der Waals surface area contributed by atoms with E-state index in [1.54, 1.807) is 0 Å². The molecule has 0 amide bonds. The maximum Gasteiger partial charge on any atom is 0.307 e. The minimum atomic E-state index is -0.141. The Morgan fingerprint density at radius 2 is 1.74 bits per heavy atom. The van der Waals surface area contributed by atoms with Gasteiger partial charge in [-0.25, -0.2) is 0 Å². The van der Waals surface area contributed by atoms with Crippen molar-refractivity contribution >= 4 is 21.9 Å². The molecule has 0 radical (unpaired) electrons. The summed E-state index contributed by atoms with van der Waals surface area (Å²) < 4.78 is 6.13. The molecule has 4 heteroatoms. The molecule has 0 atom stereocenters. The van der Waals surface area contributed by atoms with Gasteiger partial charge in [0, 0.05) is 24.1 Å². The third-order valence-electron chi connectivity index (χ3n) is 3.54. The fraction of sp³-hybridized carbons (Fsp3) is 0.316. The van der Waals surface area contributed by atoms with E-state index in [2.05, 4.69) is 39.0 Å². The molecule has 3 nitrogen and oxygen atoms in total. The minimum Gasteiger partial charge on any atom is -0.466 e. The van der Waals surface area contributed by atoms with Gasteiger partial charge in [-0.15, -0.1) is 0 Å². The molecule has 0 fully saturated rings. The number of esters is 1. The van der Waals surface area contributed by atoms with Crippen LogP contribution in [0.15, 0.2) is 59.1 Å². The van der Waals surface area contributed by atoms with Crippen molar-refractivity contribution in [2.45, 2.75) is 26.4 Å². The van der Waals surface area contributed by atoms with Gasteiger partial charge in [-0.2, -0.15) is 0 Å². The van der Waals surface area contributed by atoms with Crippen LogP contribution in [0.25, 0.3) is 0 Å². The zero-order valence-electron chi connectivity index (χ0n) is 13.4. The van der Waals surface area contributed by atoms with E-state index >= 15 is 0 Å². The highest BCUT2D eigenvalue weighted by molar-refractivity contribution is 9.10. The molecule has 2 rings (SSSR count). The van der Waals surface area contributed by atoms with Gasteiger partial charge in [0.2, 0.25) is 0 Å². The van der Waals surface area contributed by atoms with E-state index in [1.165, 1.54) is 11.1 Å². The van der Waals surface area contributed by atoms with Crippen LogP contribution in [-0.4, -0.2) is 24.0 Å². The van der Waals surface area contributed by atoms with Gasteiger partial charge in [0.25, 0.3) is 0 Å². The minimum absolute atomic E-state index is 0.141. The van der Waals surface area contributed by atoms with E-state index in [0.717, 1.165) is 17.6 Å². The number of rotatable bonds is 8. The molecule has 0 aliphatic rings. The molecule has 0 aliphatic heterocycles. The Morgan fingerprint density at radius 1 is 1.04 bits per heavy atom. The fourth-order valence-corrected chi connectivity index (χ4v) is 2.82. The highest BCUT2D eigenvalue weighted by atomic mass is 79.9. The Hall–Kier alpha value is -1.65. The summed E-state index contributed by atoms with van der Waals surface area (Å²) in [6, 6.07) is 18.5. The van der Waals surface area contributed by atoms with Gasteiger partial charge in [0.15, 0.2) is 0 Å². The maximum absolute atomic E-state index is 11.7.